The van der Waals surface area contributed by atoms with Crippen LogP contribution < -0.4 is 0 Å². The van der Waals surface area contributed by atoms with Crippen molar-refractivity contribution in [2.45, 2.75) is 25.1 Å². The van der Waals surface area contributed by atoms with Gasteiger partial charge in [0.25, 0.3) is 0 Å². The molecule has 0 saturated heterocycles. The average molecular weight is 229 g/mol. The van der Waals surface area contributed by atoms with Gasteiger partial charge in [0.1, 0.15) is 0 Å². The van der Waals surface area contributed by atoms with E-state index in [1.807, 2.05) is 0 Å². The molecule has 0 aromatic carbocycles. The molecule has 0 aliphatic carbocycles. The third-order valence-electron chi connectivity index (χ3n) is 0.769. The highest BCUT2D eigenvalue weighted by molar-refractivity contribution is 9.13. The van der Waals surface area contributed by atoms with Gasteiger partial charge in [-0.1, -0.05) is 45.7 Å². The van der Waals surface area contributed by atoms with Crippen LogP contribution in [0.4, 0.5) is 0 Å². The van der Waals surface area contributed by atoms with Crippen LogP contribution in [0.1, 0.15) is 20.3 Å². The molecule has 0 aromatic rings. The Morgan fingerprint density at radius 1 is 1.71 bits per heavy atom. The smallest absolute Gasteiger partial charge is 0.0540 e. The third kappa shape index (κ3) is 3.53. The quantitative estimate of drug-likeness (QED) is 0.638. The van der Waals surface area contributed by atoms with Gasteiger partial charge in [-0.25, -0.2) is 0 Å². The summed E-state index contributed by atoms with van der Waals surface area (Å²) >= 11 is 6.83. The van der Waals surface area contributed by atoms with E-state index in [1.54, 1.807) is 0 Å². The summed E-state index contributed by atoms with van der Waals surface area (Å²) in [6.45, 7) is 4.23. The molecular weight excluding hydrogens is 220 g/mol. The Balaban J connectivity index is 3.14. The second-order valence-corrected chi connectivity index (χ2v) is 3.81. The van der Waals surface area contributed by atoms with Crippen LogP contribution in [0.15, 0.2) is 0 Å². The van der Waals surface area contributed by atoms with E-state index >= 15 is 0 Å². The summed E-state index contributed by atoms with van der Waals surface area (Å²) in [5.74, 6) is 0. The third-order valence-corrected chi connectivity index (χ3v) is 3.18. The Morgan fingerprint density at radius 3 is 2.14 bits per heavy atom. The van der Waals surface area contributed by atoms with Crippen molar-refractivity contribution >= 4 is 31.9 Å². The predicted molar refractivity (Wildman–Crippen MR) is 40.9 cm³/mol. The molecule has 0 rings (SSSR count). The molecule has 43 valence electrons. The van der Waals surface area contributed by atoms with E-state index < -0.39 is 0 Å². The van der Waals surface area contributed by atoms with E-state index in [4.69, 9.17) is 0 Å². The topological polar surface area (TPSA) is 0 Å². The Morgan fingerprint density at radius 2 is 2.14 bits per heavy atom. The zero-order valence-electron chi connectivity index (χ0n) is 4.54. The van der Waals surface area contributed by atoms with Gasteiger partial charge in [-0.05, 0) is 6.42 Å². The molecule has 0 saturated carbocycles. The van der Waals surface area contributed by atoms with Gasteiger partial charge in [-0.3, -0.25) is 0 Å². The van der Waals surface area contributed by atoms with Crippen LogP contribution in [0.3, 0.4) is 0 Å². The minimum atomic E-state index is 0.512. The van der Waals surface area contributed by atoms with Gasteiger partial charge in [0.2, 0.25) is 0 Å². The molecule has 0 aliphatic rings. The molecule has 2 heteroatoms. The highest BCUT2D eigenvalue weighted by Crippen LogP contribution is 2.24. The van der Waals surface area contributed by atoms with Gasteiger partial charge >= 0.3 is 0 Å². The van der Waals surface area contributed by atoms with E-state index in [2.05, 4.69) is 45.7 Å². The van der Waals surface area contributed by atoms with Gasteiger partial charge in [0, 0.05) is 4.83 Å². The largest absolute Gasteiger partial charge is 0.0878 e. The molecule has 1 unspecified atom stereocenters. The van der Waals surface area contributed by atoms with E-state index in [-0.39, 0.29) is 0 Å². The van der Waals surface area contributed by atoms with E-state index in [9.17, 15) is 0 Å². The van der Waals surface area contributed by atoms with Gasteiger partial charge < -0.3 is 0 Å². The molecule has 0 aliphatic heterocycles. The lowest BCUT2D eigenvalue weighted by molar-refractivity contribution is 0.970. The standard InChI is InChI=1S/C5H9Br2/c1-3-5(7)4(2)6/h4H,3H2,1-2H3. The van der Waals surface area contributed by atoms with Crippen LogP contribution in [0.25, 0.3) is 0 Å². The Bertz CT molecular complexity index is 43.3. The number of halogens is 2. The summed E-state index contributed by atoms with van der Waals surface area (Å²) in [5.41, 5.74) is 0. The molecule has 0 heterocycles. The predicted octanol–water partition coefficient (Wildman–Crippen LogP) is 3.11. The van der Waals surface area contributed by atoms with Crippen LogP contribution in [0, 0.1) is 4.83 Å². The van der Waals surface area contributed by atoms with Crippen LogP contribution in [0.2, 0.25) is 0 Å². The molecule has 0 bridgehead atoms. The van der Waals surface area contributed by atoms with Crippen molar-refractivity contribution in [3.63, 3.8) is 0 Å². The number of hydrogen-bond donors (Lipinski definition) is 0. The molecule has 0 fully saturated rings. The van der Waals surface area contributed by atoms with Crippen LogP contribution in [-0.2, 0) is 0 Å². The maximum Gasteiger partial charge on any atom is 0.0540 e. The molecule has 0 aromatic heterocycles. The fraction of sp³-hybridized carbons (Fsp3) is 0.800. The normalized spacial score (nSPS) is 15.0. The lowest BCUT2D eigenvalue weighted by Gasteiger charge is -2.05. The van der Waals surface area contributed by atoms with Crippen LogP contribution >= 0.6 is 31.9 Å². The van der Waals surface area contributed by atoms with E-state index in [0.717, 1.165) is 6.42 Å². The highest BCUT2D eigenvalue weighted by atomic mass is 79.9. The Hall–Kier alpha value is 0.960. The first-order chi connectivity index (χ1) is 3.18. The van der Waals surface area contributed by atoms with Gasteiger partial charge in [0.15, 0.2) is 0 Å². The SMILES string of the molecule is CC[C](Br)C(C)Br. The number of alkyl halides is 1. The summed E-state index contributed by atoms with van der Waals surface area (Å²) in [6, 6.07) is 0. The fourth-order valence-corrected chi connectivity index (χ4v) is 0.605. The van der Waals surface area contributed by atoms with Gasteiger partial charge in [-0.15, -0.1) is 0 Å². The van der Waals surface area contributed by atoms with Crippen molar-refractivity contribution in [1.29, 1.82) is 0 Å². The first kappa shape index (κ1) is 7.96. The first-order valence-electron chi connectivity index (χ1n) is 2.33. The van der Waals surface area contributed by atoms with E-state index in [0.29, 0.717) is 4.83 Å². The fourth-order valence-electron chi connectivity index (χ4n) is 0.281. The Labute approximate surface area is 61.9 Å². The second kappa shape index (κ2) is 3.90. The summed E-state index contributed by atoms with van der Waals surface area (Å²) in [7, 11) is 0. The van der Waals surface area contributed by atoms with Crippen LogP contribution in [0.5, 0.6) is 0 Å². The summed E-state index contributed by atoms with van der Waals surface area (Å²) in [6.07, 6.45) is 1.10. The maximum atomic E-state index is 3.42. The average Bonchev–Trinajstić information content (AvgIpc) is 1.65. The summed E-state index contributed by atoms with van der Waals surface area (Å²) in [5, 5.41) is 0. The maximum absolute atomic E-state index is 3.42. The zero-order chi connectivity index (χ0) is 5.86. The molecule has 0 spiro atoms. The van der Waals surface area contributed by atoms with Crippen LogP contribution in [-0.4, -0.2) is 4.83 Å². The minimum absolute atomic E-state index is 0.512. The molecular formula is C5H9Br2. The van der Waals surface area contributed by atoms with Crippen molar-refractivity contribution in [3.05, 3.63) is 4.83 Å². The minimum Gasteiger partial charge on any atom is -0.0878 e. The van der Waals surface area contributed by atoms with Gasteiger partial charge in [-0.2, -0.15) is 0 Å². The monoisotopic (exact) mass is 227 g/mol. The summed E-state index contributed by atoms with van der Waals surface area (Å²) in [4.78, 5) is 1.84. The molecule has 1 radical (unpaired) electrons. The first-order valence-corrected chi connectivity index (χ1v) is 4.04. The highest BCUT2D eigenvalue weighted by Gasteiger charge is 2.06. The molecule has 1 atom stereocenters. The molecule has 0 nitrogen and oxygen atoms in total. The lowest BCUT2D eigenvalue weighted by Crippen LogP contribution is -1.96. The molecule has 0 amide bonds. The summed E-state index contributed by atoms with van der Waals surface area (Å²) < 4.78 is 0. The van der Waals surface area contributed by atoms with Gasteiger partial charge in [0.05, 0.1) is 4.83 Å². The van der Waals surface area contributed by atoms with E-state index in [1.165, 1.54) is 4.83 Å². The zero-order valence-corrected chi connectivity index (χ0v) is 7.71. The van der Waals surface area contributed by atoms with Crippen molar-refractivity contribution < 1.29 is 0 Å². The van der Waals surface area contributed by atoms with Crippen molar-refractivity contribution in [2.75, 3.05) is 0 Å². The molecule has 7 heavy (non-hydrogen) atoms. The van der Waals surface area contributed by atoms with Crippen molar-refractivity contribution in [2.24, 2.45) is 0 Å². The lowest BCUT2D eigenvalue weighted by atomic mass is 10.3. The number of rotatable bonds is 2. The Kier molecular flexibility index (Phi) is 4.44. The number of hydrogen-bond acceptors (Lipinski definition) is 0. The van der Waals surface area contributed by atoms with Crippen molar-refractivity contribution in [1.82, 2.24) is 0 Å². The second-order valence-electron chi connectivity index (χ2n) is 1.42. The van der Waals surface area contributed by atoms with Crippen molar-refractivity contribution in [3.8, 4) is 0 Å². The molecule has 0 N–H and O–H groups in total.